The van der Waals surface area contributed by atoms with Crippen molar-refractivity contribution in [2.45, 2.75) is 26.6 Å². The van der Waals surface area contributed by atoms with Gasteiger partial charge in [-0.1, -0.05) is 0 Å². The minimum atomic E-state index is -4.45. The van der Waals surface area contributed by atoms with Crippen LogP contribution in [0.15, 0.2) is 24.4 Å². The molecule has 0 saturated heterocycles. The minimum Gasteiger partial charge on any atom is -0.496 e. The van der Waals surface area contributed by atoms with Crippen molar-refractivity contribution in [1.29, 1.82) is 0 Å². The first-order valence-electron chi connectivity index (χ1n) is 7.21. The van der Waals surface area contributed by atoms with Crippen LogP contribution in [0.1, 0.15) is 34.1 Å². The molecule has 0 aliphatic heterocycles. The summed E-state index contributed by atoms with van der Waals surface area (Å²) in [6.07, 6.45) is -3.11. The number of hydrogen-bond acceptors (Lipinski definition) is 4. The zero-order valence-electron chi connectivity index (χ0n) is 13.5. The Morgan fingerprint density at radius 1 is 1.33 bits per heavy atom. The SMILES string of the molecule is CCOC(=O)c1cnn(Cc2cc(C(F)(F)F)ccc2OC)c1C. The van der Waals surface area contributed by atoms with Crippen molar-refractivity contribution in [3.05, 3.63) is 46.8 Å². The van der Waals surface area contributed by atoms with E-state index in [1.54, 1.807) is 13.8 Å². The molecule has 0 saturated carbocycles. The van der Waals surface area contributed by atoms with Crippen LogP contribution in [0.4, 0.5) is 13.2 Å². The Bertz CT molecular complexity index is 739. The number of aromatic nitrogens is 2. The van der Waals surface area contributed by atoms with Gasteiger partial charge in [0.1, 0.15) is 11.3 Å². The Morgan fingerprint density at radius 2 is 2.04 bits per heavy atom. The summed E-state index contributed by atoms with van der Waals surface area (Å²) < 4.78 is 50.1. The number of hydrogen-bond donors (Lipinski definition) is 0. The van der Waals surface area contributed by atoms with E-state index in [0.717, 1.165) is 12.1 Å². The molecule has 0 spiro atoms. The highest BCUT2D eigenvalue weighted by molar-refractivity contribution is 5.90. The van der Waals surface area contributed by atoms with Gasteiger partial charge in [0.15, 0.2) is 0 Å². The molecule has 0 aliphatic carbocycles. The first-order valence-corrected chi connectivity index (χ1v) is 7.21. The lowest BCUT2D eigenvalue weighted by Gasteiger charge is -2.13. The summed E-state index contributed by atoms with van der Waals surface area (Å²) in [5.41, 5.74) is 0.332. The van der Waals surface area contributed by atoms with Crippen molar-refractivity contribution in [2.24, 2.45) is 0 Å². The lowest BCUT2D eigenvalue weighted by atomic mass is 10.1. The number of nitrogens with zero attached hydrogens (tertiary/aromatic N) is 2. The lowest BCUT2D eigenvalue weighted by Crippen LogP contribution is -2.11. The Hall–Kier alpha value is -2.51. The van der Waals surface area contributed by atoms with Gasteiger partial charge in [-0.3, -0.25) is 4.68 Å². The molecule has 2 aromatic rings. The monoisotopic (exact) mass is 342 g/mol. The van der Waals surface area contributed by atoms with Gasteiger partial charge >= 0.3 is 12.1 Å². The average molecular weight is 342 g/mol. The topological polar surface area (TPSA) is 53.3 Å². The van der Waals surface area contributed by atoms with Crippen molar-refractivity contribution in [1.82, 2.24) is 9.78 Å². The van der Waals surface area contributed by atoms with E-state index in [2.05, 4.69) is 5.10 Å². The number of benzene rings is 1. The second kappa shape index (κ2) is 6.94. The first kappa shape index (κ1) is 17.8. The van der Waals surface area contributed by atoms with E-state index in [-0.39, 0.29) is 18.7 Å². The molecule has 8 heteroatoms. The summed E-state index contributed by atoms with van der Waals surface area (Å²) in [4.78, 5) is 11.8. The molecule has 0 unspecified atom stereocenters. The maximum Gasteiger partial charge on any atom is 0.416 e. The minimum absolute atomic E-state index is 0.0400. The number of alkyl halides is 3. The highest BCUT2D eigenvalue weighted by atomic mass is 19.4. The third kappa shape index (κ3) is 3.69. The van der Waals surface area contributed by atoms with Crippen molar-refractivity contribution >= 4 is 5.97 Å². The van der Waals surface area contributed by atoms with Gasteiger partial charge in [-0.05, 0) is 32.0 Å². The number of ether oxygens (including phenoxy) is 2. The molecule has 130 valence electrons. The summed E-state index contributed by atoms with van der Waals surface area (Å²) in [6.45, 7) is 3.60. The molecule has 0 N–H and O–H groups in total. The van der Waals surface area contributed by atoms with E-state index in [9.17, 15) is 18.0 Å². The summed E-state index contributed by atoms with van der Waals surface area (Å²) in [5, 5.41) is 4.06. The van der Waals surface area contributed by atoms with Gasteiger partial charge in [-0.2, -0.15) is 18.3 Å². The van der Waals surface area contributed by atoms with E-state index in [0.29, 0.717) is 17.0 Å². The zero-order valence-corrected chi connectivity index (χ0v) is 13.5. The van der Waals surface area contributed by atoms with Crippen LogP contribution >= 0.6 is 0 Å². The molecule has 1 aromatic carbocycles. The molecule has 0 fully saturated rings. The predicted molar refractivity (Wildman–Crippen MR) is 80.0 cm³/mol. The third-order valence-corrected chi connectivity index (χ3v) is 3.53. The maximum atomic E-state index is 12.9. The predicted octanol–water partition coefficient (Wildman–Crippen LogP) is 3.44. The zero-order chi connectivity index (χ0) is 17.9. The second-order valence-electron chi connectivity index (χ2n) is 5.05. The van der Waals surface area contributed by atoms with Crippen LogP contribution < -0.4 is 4.74 Å². The quantitative estimate of drug-likeness (QED) is 0.781. The van der Waals surface area contributed by atoms with E-state index in [1.807, 2.05) is 0 Å². The van der Waals surface area contributed by atoms with Crippen molar-refractivity contribution in [3.63, 3.8) is 0 Å². The van der Waals surface area contributed by atoms with E-state index >= 15 is 0 Å². The molecule has 0 aliphatic rings. The molecule has 5 nitrogen and oxygen atoms in total. The van der Waals surface area contributed by atoms with Crippen LogP contribution in [-0.4, -0.2) is 29.5 Å². The van der Waals surface area contributed by atoms with Crippen LogP contribution in [0, 0.1) is 6.92 Å². The maximum absolute atomic E-state index is 12.9. The molecular weight excluding hydrogens is 325 g/mol. The number of carbonyl (C=O) groups is 1. The smallest absolute Gasteiger partial charge is 0.416 e. The van der Waals surface area contributed by atoms with Crippen LogP contribution in [0.2, 0.25) is 0 Å². The summed E-state index contributed by atoms with van der Waals surface area (Å²) >= 11 is 0. The summed E-state index contributed by atoms with van der Waals surface area (Å²) in [7, 11) is 1.38. The highest BCUT2D eigenvalue weighted by Crippen LogP contribution is 2.33. The van der Waals surface area contributed by atoms with Crippen LogP contribution in [0.5, 0.6) is 5.75 Å². The lowest BCUT2D eigenvalue weighted by molar-refractivity contribution is -0.137. The van der Waals surface area contributed by atoms with E-state index < -0.39 is 17.7 Å². The molecule has 0 atom stereocenters. The van der Waals surface area contributed by atoms with Gasteiger partial charge in [0.2, 0.25) is 0 Å². The van der Waals surface area contributed by atoms with Gasteiger partial charge in [0.25, 0.3) is 0 Å². The molecular formula is C16H17F3N2O3. The number of halogens is 3. The fourth-order valence-corrected chi connectivity index (χ4v) is 2.25. The van der Waals surface area contributed by atoms with Gasteiger partial charge in [0.05, 0.1) is 37.7 Å². The standard InChI is InChI=1S/C16H17F3N2O3/c1-4-24-15(22)13-8-20-21(10(13)2)9-11-7-12(16(17,18)19)5-6-14(11)23-3/h5-8H,4,9H2,1-3H3. The molecule has 0 radical (unpaired) electrons. The first-order chi connectivity index (χ1) is 11.3. The highest BCUT2D eigenvalue weighted by Gasteiger charge is 2.31. The summed E-state index contributed by atoms with van der Waals surface area (Å²) in [5.74, 6) is -0.201. The van der Waals surface area contributed by atoms with Gasteiger partial charge in [0, 0.05) is 5.56 Å². The van der Waals surface area contributed by atoms with Gasteiger partial charge < -0.3 is 9.47 Å². The number of rotatable bonds is 5. The molecule has 0 bridgehead atoms. The molecule has 24 heavy (non-hydrogen) atoms. The number of carbonyl (C=O) groups excluding carboxylic acids is 1. The van der Waals surface area contributed by atoms with Crippen molar-refractivity contribution < 1.29 is 27.4 Å². The fourth-order valence-electron chi connectivity index (χ4n) is 2.25. The Morgan fingerprint density at radius 3 is 2.62 bits per heavy atom. The Labute approximate surface area is 137 Å². The second-order valence-corrected chi connectivity index (χ2v) is 5.05. The van der Waals surface area contributed by atoms with E-state index in [4.69, 9.17) is 9.47 Å². The fraction of sp³-hybridized carbons (Fsp3) is 0.375. The van der Waals surface area contributed by atoms with Crippen LogP contribution in [-0.2, 0) is 17.5 Å². The average Bonchev–Trinajstić information content (AvgIpc) is 2.87. The van der Waals surface area contributed by atoms with Gasteiger partial charge in [-0.15, -0.1) is 0 Å². The van der Waals surface area contributed by atoms with Crippen molar-refractivity contribution in [3.8, 4) is 5.75 Å². The number of esters is 1. The van der Waals surface area contributed by atoms with Gasteiger partial charge in [-0.25, -0.2) is 4.79 Å². The normalized spacial score (nSPS) is 11.4. The molecule has 0 amide bonds. The largest absolute Gasteiger partial charge is 0.496 e. The molecule has 1 aromatic heterocycles. The van der Waals surface area contributed by atoms with Crippen LogP contribution in [0.25, 0.3) is 0 Å². The molecule has 1 heterocycles. The molecule has 2 rings (SSSR count). The van der Waals surface area contributed by atoms with Crippen LogP contribution in [0.3, 0.4) is 0 Å². The van der Waals surface area contributed by atoms with Crippen molar-refractivity contribution in [2.75, 3.05) is 13.7 Å². The summed E-state index contributed by atoms with van der Waals surface area (Å²) in [6, 6.07) is 3.25. The third-order valence-electron chi connectivity index (χ3n) is 3.53. The Balaban J connectivity index is 2.36. The Kier molecular flexibility index (Phi) is 5.16. The number of methoxy groups -OCH3 is 1. The van der Waals surface area contributed by atoms with E-state index in [1.165, 1.54) is 24.1 Å².